The van der Waals surface area contributed by atoms with Crippen LogP contribution in [0.5, 0.6) is 0 Å². The molecule has 0 spiro atoms. The van der Waals surface area contributed by atoms with Crippen molar-refractivity contribution in [2.75, 3.05) is 0 Å². The van der Waals surface area contributed by atoms with Crippen LogP contribution >= 0.6 is 11.6 Å². The van der Waals surface area contributed by atoms with E-state index < -0.39 is 4.92 Å². The van der Waals surface area contributed by atoms with Gasteiger partial charge >= 0.3 is 0 Å². The monoisotopic (exact) mass is 290 g/mol. The summed E-state index contributed by atoms with van der Waals surface area (Å²) < 4.78 is 0. The van der Waals surface area contributed by atoms with E-state index in [1.165, 1.54) is 12.1 Å². The molecule has 0 saturated carbocycles. The number of halogens is 1. The minimum atomic E-state index is -0.416. The molecule has 0 aliphatic carbocycles. The fourth-order valence-electron chi connectivity index (χ4n) is 1.93. The summed E-state index contributed by atoms with van der Waals surface area (Å²) >= 11 is 6.07. The normalized spacial score (nSPS) is 12.1. The summed E-state index contributed by atoms with van der Waals surface area (Å²) in [5, 5.41) is 14.6. The number of hydrogen-bond acceptors (Lipinski definition) is 3. The summed E-state index contributed by atoms with van der Waals surface area (Å²) in [7, 11) is 0. The Balaban J connectivity index is 2.07. The molecule has 0 fully saturated rings. The van der Waals surface area contributed by atoms with Gasteiger partial charge < -0.3 is 5.32 Å². The van der Waals surface area contributed by atoms with Crippen LogP contribution < -0.4 is 5.32 Å². The summed E-state index contributed by atoms with van der Waals surface area (Å²) in [5.41, 5.74) is 1.94. The van der Waals surface area contributed by atoms with Crippen molar-refractivity contribution >= 4 is 17.3 Å². The van der Waals surface area contributed by atoms with Gasteiger partial charge in [-0.25, -0.2) is 0 Å². The van der Waals surface area contributed by atoms with E-state index in [1.807, 2.05) is 37.3 Å². The Kier molecular flexibility index (Phi) is 4.71. The standard InChI is InChI=1S/C15H15ClN2O2/c1-11(12-5-3-2-4-6-12)17-10-13-9-14(18(19)20)7-8-15(13)16/h2-9,11,17H,10H2,1H3/t11-/m1/s1. The van der Waals surface area contributed by atoms with Crippen molar-refractivity contribution < 1.29 is 4.92 Å². The quantitative estimate of drug-likeness (QED) is 0.666. The predicted molar refractivity (Wildman–Crippen MR) is 79.8 cm³/mol. The van der Waals surface area contributed by atoms with Gasteiger partial charge in [-0.15, -0.1) is 0 Å². The molecule has 2 aromatic rings. The molecule has 2 rings (SSSR count). The van der Waals surface area contributed by atoms with Gasteiger partial charge in [0.05, 0.1) is 4.92 Å². The third-order valence-corrected chi connectivity index (χ3v) is 3.51. The molecule has 0 heterocycles. The second-order valence-electron chi connectivity index (χ2n) is 4.55. The van der Waals surface area contributed by atoms with Gasteiger partial charge in [0.2, 0.25) is 0 Å². The topological polar surface area (TPSA) is 55.2 Å². The average molecular weight is 291 g/mol. The summed E-state index contributed by atoms with van der Waals surface area (Å²) in [6.45, 7) is 2.52. The summed E-state index contributed by atoms with van der Waals surface area (Å²) in [4.78, 5) is 10.3. The van der Waals surface area contributed by atoms with Crippen LogP contribution in [0.2, 0.25) is 5.02 Å². The van der Waals surface area contributed by atoms with Crippen LogP contribution in [0.15, 0.2) is 48.5 Å². The Labute approximate surface area is 122 Å². The first-order valence-corrected chi connectivity index (χ1v) is 6.67. The van der Waals surface area contributed by atoms with Crippen LogP contribution in [-0.2, 0) is 6.54 Å². The number of nitro benzene ring substituents is 1. The molecule has 104 valence electrons. The van der Waals surface area contributed by atoms with E-state index >= 15 is 0 Å². The highest BCUT2D eigenvalue weighted by molar-refractivity contribution is 6.31. The maximum Gasteiger partial charge on any atom is 0.269 e. The van der Waals surface area contributed by atoms with Crippen LogP contribution in [0.25, 0.3) is 0 Å². The maximum absolute atomic E-state index is 10.8. The lowest BCUT2D eigenvalue weighted by Crippen LogP contribution is -2.18. The number of rotatable bonds is 5. The molecule has 20 heavy (non-hydrogen) atoms. The van der Waals surface area contributed by atoms with Gasteiger partial charge in [0.1, 0.15) is 0 Å². The number of hydrogen-bond donors (Lipinski definition) is 1. The first kappa shape index (κ1) is 14.5. The Morgan fingerprint density at radius 1 is 1.25 bits per heavy atom. The third-order valence-electron chi connectivity index (χ3n) is 3.14. The zero-order chi connectivity index (χ0) is 14.5. The lowest BCUT2D eigenvalue weighted by molar-refractivity contribution is -0.384. The zero-order valence-electron chi connectivity index (χ0n) is 11.0. The van der Waals surface area contributed by atoms with Crippen LogP contribution in [0, 0.1) is 10.1 Å². The van der Waals surface area contributed by atoms with Gasteiger partial charge in [-0.3, -0.25) is 10.1 Å². The van der Waals surface area contributed by atoms with Crippen molar-refractivity contribution in [3.05, 3.63) is 74.8 Å². The van der Waals surface area contributed by atoms with Crippen molar-refractivity contribution in [2.24, 2.45) is 0 Å². The summed E-state index contributed by atoms with van der Waals surface area (Å²) in [6, 6.07) is 14.6. The van der Waals surface area contributed by atoms with E-state index in [0.29, 0.717) is 11.6 Å². The van der Waals surface area contributed by atoms with E-state index in [2.05, 4.69) is 5.32 Å². The molecule has 2 aromatic carbocycles. The molecule has 1 N–H and O–H groups in total. The molecule has 0 bridgehead atoms. The van der Waals surface area contributed by atoms with E-state index in [0.717, 1.165) is 11.1 Å². The van der Waals surface area contributed by atoms with Crippen LogP contribution in [-0.4, -0.2) is 4.92 Å². The minimum absolute atomic E-state index is 0.0542. The molecule has 5 heteroatoms. The highest BCUT2D eigenvalue weighted by Crippen LogP contribution is 2.23. The second kappa shape index (κ2) is 6.50. The molecule has 0 aliphatic heterocycles. The van der Waals surface area contributed by atoms with Crippen LogP contribution in [0.1, 0.15) is 24.1 Å². The maximum atomic E-state index is 10.8. The molecule has 4 nitrogen and oxygen atoms in total. The highest BCUT2D eigenvalue weighted by Gasteiger charge is 2.11. The Morgan fingerprint density at radius 3 is 2.60 bits per heavy atom. The van der Waals surface area contributed by atoms with E-state index in [-0.39, 0.29) is 11.7 Å². The number of nitro groups is 1. The molecule has 0 amide bonds. The van der Waals surface area contributed by atoms with Gasteiger partial charge in [-0.1, -0.05) is 41.9 Å². The first-order valence-electron chi connectivity index (χ1n) is 6.29. The lowest BCUT2D eigenvalue weighted by atomic mass is 10.1. The molecule has 1 atom stereocenters. The molecule has 0 saturated heterocycles. The number of nitrogens with zero attached hydrogens (tertiary/aromatic N) is 1. The average Bonchev–Trinajstić information content (AvgIpc) is 2.46. The smallest absolute Gasteiger partial charge is 0.269 e. The van der Waals surface area contributed by atoms with Gasteiger partial charge in [0.25, 0.3) is 5.69 Å². The molecular formula is C15H15ClN2O2. The van der Waals surface area contributed by atoms with Crippen molar-refractivity contribution in [1.82, 2.24) is 5.32 Å². The van der Waals surface area contributed by atoms with Crippen molar-refractivity contribution in [3.63, 3.8) is 0 Å². The Hall–Kier alpha value is -1.91. The largest absolute Gasteiger partial charge is 0.306 e. The second-order valence-corrected chi connectivity index (χ2v) is 4.95. The number of benzene rings is 2. The van der Waals surface area contributed by atoms with Crippen molar-refractivity contribution in [2.45, 2.75) is 19.5 Å². The molecule has 0 aromatic heterocycles. The Bertz CT molecular complexity index is 602. The van der Waals surface area contributed by atoms with Crippen LogP contribution in [0.4, 0.5) is 5.69 Å². The number of non-ortho nitro benzene ring substituents is 1. The minimum Gasteiger partial charge on any atom is -0.306 e. The Morgan fingerprint density at radius 2 is 1.95 bits per heavy atom. The number of nitrogens with one attached hydrogen (secondary N) is 1. The lowest BCUT2D eigenvalue weighted by Gasteiger charge is -2.14. The summed E-state index contributed by atoms with van der Waals surface area (Å²) in [5.74, 6) is 0. The van der Waals surface area contributed by atoms with Crippen molar-refractivity contribution in [1.29, 1.82) is 0 Å². The van der Waals surface area contributed by atoms with E-state index in [9.17, 15) is 10.1 Å². The first-order chi connectivity index (χ1) is 9.58. The van der Waals surface area contributed by atoms with E-state index in [4.69, 9.17) is 11.6 Å². The van der Waals surface area contributed by atoms with Gasteiger partial charge in [0.15, 0.2) is 0 Å². The zero-order valence-corrected chi connectivity index (χ0v) is 11.8. The summed E-state index contributed by atoms with van der Waals surface area (Å²) in [6.07, 6.45) is 0. The highest BCUT2D eigenvalue weighted by atomic mass is 35.5. The SMILES string of the molecule is C[C@@H](NCc1cc([N+](=O)[O-])ccc1Cl)c1ccccc1. The predicted octanol–water partition coefficient (Wildman–Crippen LogP) is 4.10. The molecule has 0 unspecified atom stereocenters. The van der Waals surface area contributed by atoms with Gasteiger partial charge in [0, 0.05) is 29.7 Å². The fourth-order valence-corrected chi connectivity index (χ4v) is 2.12. The van der Waals surface area contributed by atoms with E-state index in [1.54, 1.807) is 6.07 Å². The van der Waals surface area contributed by atoms with Crippen LogP contribution in [0.3, 0.4) is 0 Å². The van der Waals surface area contributed by atoms with Gasteiger partial charge in [-0.05, 0) is 24.1 Å². The van der Waals surface area contributed by atoms with Crippen molar-refractivity contribution in [3.8, 4) is 0 Å². The molecule has 0 aliphatic rings. The third kappa shape index (κ3) is 3.56. The van der Waals surface area contributed by atoms with Gasteiger partial charge in [-0.2, -0.15) is 0 Å². The molecule has 0 radical (unpaired) electrons. The fraction of sp³-hybridized carbons (Fsp3) is 0.200. The molecular weight excluding hydrogens is 276 g/mol.